The molecule has 0 aliphatic rings. The topological polar surface area (TPSA) is 103 Å². The Morgan fingerprint density at radius 1 is 1.08 bits per heavy atom. The van der Waals surface area contributed by atoms with Gasteiger partial charge in [0.25, 0.3) is 0 Å². The Morgan fingerprint density at radius 3 is 2.31 bits per heavy atom. The molecule has 1 rings (SSSR count). The van der Waals surface area contributed by atoms with E-state index in [9.17, 15) is 14.4 Å². The van der Waals surface area contributed by atoms with E-state index in [1.165, 1.54) is 21.3 Å². The monoisotopic (exact) mass is 364 g/mol. The van der Waals surface area contributed by atoms with Gasteiger partial charge in [-0.05, 0) is 18.1 Å². The number of hydrogen-bond acceptors (Lipinski definition) is 7. The van der Waals surface area contributed by atoms with E-state index in [1.54, 1.807) is 18.2 Å². The van der Waals surface area contributed by atoms with E-state index in [-0.39, 0.29) is 17.5 Å². The largest absolute Gasteiger partial charge is 0.494 e. The first-order chi connectivity index (χ1) is 12.3. The van der Waals surface area contributed by atoms with Crippen molar-refractivity contribution in [1.82, 2.24) is 0 Å². The lowest BCUT2D eigenvalue weighted by atomic mass is 10.1. The van der Waals surface area contributed by atoms with Gasteiger partial charge in [-0.3, -0.25) is 4.79 Å². The number of methoxy groups -OCH3 is 3. The molecule has 1 aromatic carbocycles. The van der Waals surface area contributed by atoms with E-state index in [1.807, 2.05) is 13.8 Å². The maximum Gasteiger partial charge on any atom is 0.354 e. The number of anilines is 2. The molecule has 2 N–H and O–H groups in total. The van der Waals surface area contributed by atoms with Gasteiger partial charge in [-0.15, -0.1) is 0 Å². The molecule has 142 valence electrons. The molecule has 0 bridgehead atoms. The van der Waals surface area contributed by atoms with Crippen LogP contribution in [-0.4, -0.2) is 39.2 Å². The summed E-state index contributed by atoms with van der Waals surface area (Å²) >= 11 is 0. The molecular formula is C18H24N2O6. The summed E-state index contributed by atoms with van der Waals surface area (Å²) in [6.07, 6.45) is 1.37. The second kappa shape index (κ2) is 10.1. The number of rotatable bonds is 8. The van der Waals surface area contributed by atoms with E-state index < -0.39 is 11.9 Å². The van der Waals surface area contributed by atoms with Crippen molar-refractivity contribution in [2.45, 2.75) is 20.3 Å². The number of carbonyl (C=O) groups is 3. The summed E-state index contributed by atoms with van der Waals surface area (Å²) in [6, 6.07) is 4.84. The summed E-state index contributed by atoms with van der Waals surface area (Å²) in [4.78, 5) is 35.1. The number of amides is 1. The number of hydrogen-bond donors (Lipinski definition) is 2. The Morgan fingerprint density at radius 2 is 1.77 bits per heavy atom. The summed E-state index contributed by atoms with van der Waals surface area (Å²) in [6.45, 7) is 3.90. The van der Waals surface area contributed by atoms with Crippen molar-refractivity contribution >= 4 is 29.2 Å². The van der Waals surface area contributed by atoms with Crippen molar-refractivity contribution in [3.63, 3.8) is 0 Å². The molecule has 0 heterocycles. The minimum absolute atomic E-state index is 0.0991. The molecule has 1 amide bonds. The van der Waals surface area contributed by atoms with Gasteiger partial charge in [0.15, 0.2) is 0 Å². The first kappa shape index (κ1) is 21.0. The second-order valence-electron chi connectivity index (χ2n) is 5.76. The first-order valence-corrected chi connectivity index (χ1v) is 7.93. The van der Waals surface area contributed by atoms with Crippen LogP contribution in [0.15, 0.2) is 30.0 Å². The highest BCUT2D eigenvalue weighted by molar-refractivity contribution is 5.99. The zero-order valence-corrected chi connectivity index (χ0v) is 15.5. The highest BCUT2D eigenvalue weighted by atomic mass is 16.5. The zero-order valence-electron chi connectivity index (χ0n) is 15.5. The molecule has 0 aromatic heterocycles. The first-order valence-electron chi connectivity index (χ1n) is 7.93. The smallest absolute Gasteiger partial charge is 0.354 e. The van der Waals surface area contributed by atoms with Crippen molar-refractivity contribution < 1.29 is 28.6 Å². The molecule has 0 spiro atoms. The predicted molar refractivity (Wildman–Crippen MR) is 96.8 cm³/mol. The van der Waals surface area contributed by atoms with Gasteiger partial charge >= 0.3 is 11.9 Å². The number of nitrogens with one attached hydrogen (secondary N) is 2. The lowest BCUT2D eigenvalue weighted by Crippen LogP contribution is -2.16. The molecule has 0 saturated carbocycles. The molecule has 0 radical (unpaired) electrons. The lowest BCUT2D eigenvalue weighted by molar-refractivity contribution is -0.138. The Hall–Kier alpha value is -3.03. The van der Waals surface area contributed by atoms with Crippen LogP contribution in [0.5, 0.6) is 5.75 Å². The van der Waals surface area contributed by atoms with E-state index in [0.717, 1.165) is 6.08 Å². The number of carbonyl (C=O) groups excluding carboxylic acids is 3. The van der Waals surface area contributed by atoms with Crippen LogP contribution in [0.2, 0.25) is 0 Å². The average Bonchev–Trinajstić information content (AvgIpc) is 2.60. The molecule has 8 heteroatoms. The number of benzene rings is 1. The van der Waals surface area contributed by atoms with Gasteiger partial charge in [0.05, 0.1) is 33.1 Å². The summed E-state index contributed by atoms with van der Waals surface area (Å²) < 4.78 is 14.4. The minimum Gasteiger partial charge on any atom is -0.494 e. The van der Waals surface area contributed by atoms with Gasteiger partial charge in [0.2, 0.25) is 5.91 Å². The van der Waals surface area contributed by atoms with Gasteiger partial charge in [-0.1, -0.05) is 13.8 Å². The van der Waals surface area contributed by atoms with E-state index in [2.05, 4.69) is 20.1 Å². The third-order valence-electron chi connectivity index (χ3n) is 3.22. The molecule has 0 unspecified atom stereocenters. The summed E-state index contributed by atoms with van der Waals surface area (Å²) in [5.41, 5.74) is 0.863. The van der Waals surface area contributed by atoms with E-state index in [4.69, 9.17) is 4.74 Å². The van der Waals surface area contributed by atoms with Crippen LogP contribution in [0.3, 0.4) is 0 Å². The normalized spacial score (nSPS) is 10.9. The van der Waals surface area contributed by atoms with Crippen molar-refractivity contribution in [2.75, 3.05) is 32.0 Å². The fourth-order valence-corrected chi connectivity index (χ4v) is 2.03. The SMILES string of the molecule is COC(=O)/C=C(/Nc1ccc(NC(=O)CC(C)C)c(OC)c1)C(=O)OC. The Labute approximate surface area is 152 Å². The predicted octanol–water partition coefficient (Wildman–Crippen LogP) is 2.32. The van der Waals surface area contributed by atoms with Crippen molar-refractivity contribution in [3.05, 3.63) is 30.0 Å². The third kappa shape index (κ3) is 6.46. The van der Waals surface area contributed by atoms with E-state index >= 15 is 0 Å². The second-order valence-corrected chi connectivity index (χ2v) is 5.76. The van der Waals surface area contributed by atoms with E-state index in [0.29, 0.717) is 23.5 Å². The highest BCUT2D eigenvalue weighted by Crippen LogP contribution is 2.29. The molecular weight excluding hydrogens is 340 g/mol. The van der Waals surface area contributed by atoms with Crippen LogP contribution in [0, 0.1) is 5.92 Å². The molecule has 0 saturated heterocycles. The van der Waals surface area contributed by atoms with Gasteiger partial charge in [0.1, 0.15) is 11.4 Å². The molecule has 0 atom stereocenters. The van der Waals surface area contributed by atoms with Crippen LogP contribution in [0.25, 0.3) is 0 Å². The Kier molecular flexibility index (Phi) is 8.14. The van der Waals surface area contributed by atoms with Gasteiger partial charge < -0.3 is 24.8 Å². The van der Waals surface area contributed by atoms with Crippen molar-refractivity contribution in [3.8, 4) is 5.75 Å². The fourth-order valence-electron chi connectivity index (χ4n) is 2.03. The molecule has 0 aliphatic heterocycles. The quantitative estimate of drug-likeness (QED) is 0.539. The molecule has 8 nitrogen and oxygen atoms in total. The fraction of sp³-hybridized carbons (Fsp3) is 0.389. The van der Waals surface area contributed by atoms with Crippen molar-refractivity contribution in [2.24, 2.45) is 5.92 Å². The summed E-state index contributed by atoms with van der Waals surface area (Å²) in [7, 11) is 3.86. The minimum atomic E-state index is -0.733. The van der Waals surface area contributed by atoms with Gasteiger partial charge in [0, 0.05) is 18.2 Å². The standard InChI is InChI=1S/C18H24N2O6/c1-11(2)8-16(21)20-13-7-6-12(9-15(13)24-3)19-14(18(23)26-5)10-17(22)25-4/h6-7,9-11,19H,8H2,1-5H3,(H,20,21)/b14-10+. The molecule has 1 aromatic rings. The van der Waals surface area contributed by atoms with Crippen LogP contribution in [-0.2, 0) is 23.9 Å². The van der Waals surface area contributed by atoms with Crippen LogP contribution in [0.4, 0.5) is 11.4 Å². The van der Waals surface area contributed by atoms with Crippen LogP contribution in [0.1, 0.15) is 20.3 Å². The Balaban J connectivity index is 3.03. The maximum atomic E-state index is 11.9. The lowest BCUT2D eigenvalue weighted by Gasteiger charge is -2.14. The molecule has 0 fully saturated rings. The van der Waals surface area contributed by atoms with Crippen molar-refractivity contribution in [1.29, 1.82) is 0 Å². The molecule has 0 aliphatic carbocycles. The number of ether oxygens (including phenoxy) is 3. The highest BCUT2D eigenvalue weighted by Gasteiger charge is 2.15. The third-order valence-corrected chi connectivity index (χ3v) is 3.22. The average molecular weight is 364 g/mol. The summed E-state index contributed by atoms with van der Waals surface area (Å²) in [5.74, 6) is -0.937. The number of esters is 2. The zero-order chi connectivity index (χ0) is 19.7. The maximum absolute atomic E-state index is 11.9. The summed E-state index contributed by atoms with van der Waals surface area (Å²) in [5, 5.41) is 5.55. The van der Waals surface area contributed by atoms with Crippen LogP contribution >= 0.6 is 0 Å². The molecule has 26 heavy (non-hydrogen) atoms. The van der Waals surface area contributed by atoms with Gasteiger partial charge in [-0.25, -0.2) is 9.59 Å². The van der Waals surface area contributed by atoms with Crippen LogP contribution < -0.4 is 15.4 Å². The van der Waals surface area contributed by atoms with Gasteiger partial charge in [-0.2, -0.15) is 0 Å². The Bertz CT molecular complexity index is 697.